The number of nitrogens with one attached hydrogen (secondary N) is 3. The standard InChI is InChI=1S/C26H36N6O2S/c1-4-34-24(33)17-8-7-9-20(16-17)29-26(35)28-19-14-12-18(13-15-19)27-25-30-22-11-6-5-10-21(22)23(31-25)32(2)3/h7-9,16,18-19H,4-6,10-15H2,1-3H3,(H,27,30,31)(H2,28,29,35). The fraction of sp³-hybridized carbons (Fsp3) is 0.538. The number of nitrogens with zero attached hydrogens (tertiary/aromatic N) is 3. The molecule has 0 amide bonds. The summed E-state index contributed by atoms with van der Waals surface area (Å²) in [6, 6.07) is 7.86. The first-order valence-corrected chi connectivity index (χ1v) is 13.0. The van der Waals surface area contributed by atoms with Crippen LogP contribution in [-0.2, 0) is 17.6 Å². The van der Waals surface area contributed by atoms with Gasteiger partial charge in [0, 0.05) is 37.4 Å². The normalized spacial score (nSPS) is 19.3. The maximum atomic E-state index is 12.0. The largest absolute Gasteiger partial charge is 0.462 e. The molecule has 2 aliphatic carbocycles. The van der Waals surface area contributed by atoms with Gasteiger partial charge in [-0.05, 0) is 88.7 Å². The number of rotatable bonds is 7. The van der Waals surface area contributed by atoms with Gasteiger partial charge in [-0.25, -0.2) is 9.78 Å². The number of hydrogen-bond donors (Lipinski definition) is 3. The molecule has 3 N–H and O–H groups in total. The van der Waals surface area contributed by atoms with E-state index >= 15 is 0 Å². The molecule has 1 saturated carbocycles. The molecule has 4 rings (SSSR count). The van der Waals surface area contributed by atoms with Crippen LogP contribution in [-0.4, -0.2) is 53.8 Å². The molecule has 188 valence electrons. The van der Waals surface area contributed by atoms with Crippen LogP contribution in [0, 0.1) is 0 Å². The number of carbonyl (C=O) groups excluding carboxylic acids is 1. The molecule has 0 bridgehead atoms. The van der Waals surface area contributed by atoms with Gasteiger partial charge in [0.25, 0.3) is 0 Å². The van der Waals surface area contributed by atoms with E-state index in [-0.39, 0.29) is 5.97 Å². The summed E-state index contributed by atoms with van der Waals surface area (Å²) in [4.78, 5) is 23.8. The van der Waals surface area contributed by atoms with Crippen molar-refractivity contribution < 1.29 is 9.53 Å². The minimum atomic E-state index is -0.332. The Kier molecular flexibility index (Phi) is 8.38. The molecule has 1 aromatic carbocycles. The molecular weight excluding hydrogens is 460 g/mol. The Morgan fingerprint density at radius 2 is 1.86 bits per heavy atom. The Morgan fingerprint density at radius 1 is 1.11 bits per heavy atom. The lowest BCUT2D eigenvalue weighted by atomic mass is 9.91. The number of carbonyl (C=O) groups is 1. The maximum Gasteiger partial charge on any atom is 0.338 e. The Balaban J connectivity index is 1.28. The van der Waals surface area contributed by atoms with Crippen molar-refractivity contribution in [2.24, 2.45) is 0 Å². The number of anilines is 3. The fourth-order valence-electron chi connectivity index (χ4n) is 4.86. The monoisotopic (exact) mass is 496 g/mol. The molecule has 0 radical (unpaired) electrons. The number of fused-ring (bicyclic) bond motifs is 1. The molecule has 1 aromatic heterocycles. The molecule has 8 nitrogen and oxygen atoms in total. The van der Waals surface area contributed by atoms with Gasteiger partial charge in [-0.1, -0.05) is 6.07 Å². The van der Waals surface area contributed by atoms with Crippen LogP contribution in [0.3, 0.4) is 0 Å². The number of aromatic nitrogens is 2. The van der Waals surface area contributed by atoms with Crippen molar-refractivity contribution in [3.05, 3.63) is 41.1 Å². The minimum Gasteiger partial charge on any atom is -0.462 e. The highest BCUT2D eigenvalue weighted by molar-refractivity contribution is 7.80. The third-order valence-corrected chi connectivity index (χ3v) is 6.83. The maximum absolute atomic E-state index is 12.0. The Bertz CT molecular complexity index is 1050. The minimum absolute atomic E-state index is 0.308. The van der Waals surface area contributed by atoms with Gasteiger partial charge in [-0.15, -0.1) is 0 Å². The van der Waals surface area contributed by atoms with Crippen molar-refractivity contribution in [3.63, 3.8) is 0 Å². The lowest BCUT2D eigenvalue weighted by Crippen LogP contribution is -2.42. The first-order chi connectivity index (χ1) is 16.9. The lowest BCUT2D eigenvalue weighted by Gasteiger charge is -2.31. The number of ether oxygens (including phenoxy) is 1. The van der Waals surface area contributed by atoms with Crippen molar-refractivity contribution >= 4 is 40.8 Å². The molecule has 0 aliphatic heterocycles. The summed E-state index contributed by atoms with van der Waals surface area (Å²) in [5.41, 5.74) is 3.79. The van der Waals surface area contributed by atoms with Gasteiger partial charge in [0.05, 0.1) is 17.9 Å². The predicted octanol–water partition coefficient (Wildman–Crippen LogP) is 4.31. The molecule has 2 aromatic rings. The average molecular weight is 497 g/mol. The topological polar surface area (TPSA) is 91.4 Å². The number of thiocarbonyl (C=S) groups is 1. The van der Waals surface area contributed by atoms with Gasteiger partial charge in [0.1, 0.15) is 5.82 Å². The van der Waals surface area contributed by atoms with E-state index in [2.05, 4.69) is 34.9 Å². The average Bonchev–Trinajstić information content (AvgIpc) is 2.85. The number of benzene rings is 1. The van der Waals surface area contributed by atoms with E-state index in [4.69, 9.17) is 26.9 Å². The van der Waals surface area contributed by atoms with Gasteiger partial charge >= 0.3 is 5.97 Å². The van der Waals surface area contributed by atoms with Crippen molar-refractivity contribution in [1.29, 1.82) is 0 Å². The van der Waals surface area contributed by atoms with E-state index in [9.17, 15) is 4.79 Å². The molecule has 0 spiro atoms. The summed E-state index contributed by atoms with van der Waals surface area (Å²) < 4.78 is 5.08. The van der Waals surface area contributed by atoms with Crippen molar-refractivity contribution in [3.8, 4) is 0 Å². The van der Waals surface area contributed by atoms with Crippen molar-refractivity contribution in [2.45, 2.75) is 70.4 Å². The van der Waals surface area contributed by atoms with Crippen LogP contribution in [0.2, 0.25) is 0 Å². The zero-order chi connectivity index (χ0) is 24.8. The molecule has 0 unspecified atom stereocenters. The van der Waals surface area contributed by atoms with Crippen LogP contribution in [0.25, 0.3) is 0 Å². The number of aryl methyl sites for hydroxylation is 1. The van der Waals surface area contributed by atoms with Crippen LogP contribution < -0.4 is 20.9 Å². The number of esters is 1. The predicted molar refractivity (Wildman–Crippen MR) is 144 cm³/mol. The summed E-state index contributed by atoms with van der Waals surface area (Å²) in [5, 5.41) is 10.8. The van der Waals surface area contributed by atoms with Gasteiger partial charge in [0.2, 0.25) is 5.95 Å². The zero-order valence-electron chi connectivity index (χ0n) is 20.9. The van der Waals surface area contributed by atoms with Crippen LogP contribution in [0.4, 0.5) is 17.5 Å². The summed E-state index contributed by atoms with van der Waals surface area (Å²) in [6.45, 7) is 2.15. The van der Waals surface area contributed by atoms with Crippen LogP contribution in [0.5, 0.6) is 0 Å². The van der Waals surface area contributed by atoms with Crippen LogP contribution >= 0.6 is 12.2 Å². The molecule has 0 saturated heterocycles. The molecule has 1 fully saturated rings. The quantitative estimate of drug-likeness (QED) is 0.383. The molecule has 9 heteroatoms. The van der Waals surface area contributed by atoms with E-state index in [1.807, 2.05) is 12.1 Å². The molecule has 35 heavy (non-hydrogen) atoms. The first-order valence-electron chi connectivity index (χ1n) is 12.6. The van der Waals surface area contributed by atoms with E-state index in [0.29, 0.717) is 29.4 Å². The second-order valence-corrected chi connectivity index (χ2v) is 9.90. The van der Waals surface area contributed by atoms with Crippen LogP contribution in [0.15, 0.2) is 24.3 Å². The SMILES string of the molecule is CCOC(=O)c1cccc(NC(=S)NC2CCC(Nc3nc4c(c(N(C)C)n3)CCCC4)CC2)c1. The number of hydrogen-bond acceptors (Lipinski definition) is 7. The summed E-state index contributed by atoms with van der Waals surface area (Å²) in [6.07, 6.45) is 8.59. The Morgan fingerprint density at radius 3 is 2.60 bits per heavy atom. The third kappa shape index (κ3) is 6.60. The van der Waals surface area contributed by atoms with Crippen LogP contribution in [0.1, 0.15) is 67.1 Å². The van der Waals surface area contributed by atoms with Gasteiger partial charge in [-0.2, -0.15) is 4.98 Å². The summed E-state index contributed by atoms with van der Waals surface area (Å²) >= 11 is 5.53. The molecule has 0 atom stereocenters. The smallest absolute Gasteiger partial charge is 0.338 e. The molecular formula is C26H36N6O2S. The highest BCUT2D eigenvalue weighted by Gasteiger charge is 2.24. The summed E-state index contributed by atoms with van der Waals surface area (Å²) in [5.74, 6) is 1.47. The Labute approximate surface area is 213 Å². The van der Waals surface area contributed by atoms with E-state index < -0.39 is 0 Å². The highest BCUT2D eigenvalue weighted by Crippen LogP contribution is 2.29. The van der Waals surface area contributed by atoms with Gasteiger partial charge < -0.3 is 25.6 Å². The fourth-order valence-corrected chi connectivity index (χ4v) is 5.15. The van der Waals surface area contributed by atoms with E-state index in [1.165, 1.54) is 24.1 Å². The van der Waals surface area contributed by atoms with Crippen molar-refractivity contribution in [1.82, 2.24) is 15.3 Å². The summed E-state index contributed by atoms with van der Waals surface area (Å²) in [7, 11) is 4.11. The van der Waals surface area contributed by atoms with E-state index in [0.717, 1.165) is 56.0 Å². The second-order valence-electron chi connectivity index (χ2n) is 9.49. The molecule has 1 heterocycles. The van der Waals surface area contributed by atoms with E-state index in [1.54, 1.807) is 19.1 Å². The second kappa shape index (κ2) is 11.7. The molecule has 2 aliphatic rings. The van der Waals surface area contributed by atoms with Crippen molar-refractivity contribution in [2.75, 3.05) is 36.2 Å². The Hall–Kier alpha value is -2.94. The van der Waals surface area contributed by atoms with Gasteiger partial charge in [-0.3, -0.25) is 0 Å². The third-order valence-electron chi connectivity index (χ3n) is 6.61. The zero-order valence-corrected chi connectivity index (χ0v) is 21.7. The lowest BCUT2D eigenvalue weighted by molar-refractivity contribution is 0.0526. The highest BCUT2D eigenvalue weighted by atomic mass is 32.1. The first kappa shape index (κ1) is 25.2. The van der Waals surface area contributed by atoms with Gasteiger partial charge in [0.15, 0.2) is 5.11 Å².